The standard InChI is InChI=1S/C14H16BrN3O/c1-2-6-17-14(19)9-18-13-5-7-16-12-4-3-10(15)8-11(12)13/h3-5,7-8H,2,6,9H2,1H3,(H,16,18)(H,17,19). The molecule has 2 rings (SSSR count). The number of nitrogens with zero attached hydrogens (tertiary/aromatic N) is 1. The molecule has 0 radical (unpaired) electrons. The highest BCUT2D eigenvalue weighted by Crippen LogP contribution is 2.24. The maximum atomic E-state index is 11.6. The number of rotatable bonds is 5. The Kier molecular flexibility index (Phi) is 4.74. The molecule has 2 aromatic rings. The lowest BCUT2D eigenvalue weighted by molar-refractivity contribution is -0.119. The molecule has 1 amide bonds. The Balaban J connectivity index is 2.12. The van der Waals surface area contributed by atoms with Gasteiger partial charge in [0.05, 0.1) is 12.1 Å². The van der Waals surface area contributed by atoms with Crippen LogP contribution in [0, 0.1) is 0 Å². The molecule has 0 spiro atoms. The number of aromatic nitrogens is 1. The summed E-state index contributed by atoms with van der Waals surface area (Å²) in [6.07, 6.45) is 2.68. The van der Waals surface area contributed by atoms with Crippen LogP contribution >= 0.6 is 15.9 Å². The van der Waals surface area contributed by atoms with Gasteiger partial charge < -0.3 is 10.6 Å². The van der Waals surface area contributed by atoms with Crippen molar-refractivity contribution in [1.82, 2.24) is 10.3 Å². The minimum atomic E-state index is 0.00168. The monoisotopic (exact) mass is 321 g/mol. The predicted molar refractivity (Wildman–Crippen MR) is 81.2 cm³/mol. The van der Waals surface area contributed by atoms with Gasteiger partial charge in [0, 0.05) is 28.3 Å². The second-order valence-corrected chi connectivity index (χ2v) is 5.14. The molecule has 0 saturated heterocycles. The van der Waals surface area contributed by atoms with Crippen molar-refractivity contribution in [3.63, 3.8) is 0 Å². The Bertz CT molecular complexity index is 586. The van der Waals surface area contributed by atoms with E-state index < -0.39 is 0 Å². The molecule has 1 aromatic carbocycles. The molecular formula is C14H16BrN3O. The number of hydrogen-bond acceptors (Lipinski definition) is 3. The van der Waals surface area contributed by atoms with Gasteiger partial charge in [-0.3, -0.25) is 9.78 Å². The van der Waals surface area contributed by atoms with Gasteiger partial charge in [-0.15, -0.1) is 0 Å². The van der Waals surface area contributed by atoms with Crippen LogP contribution in [0.5, 0.6) is 0 Å². The van der Waals surface area contributed by atoms with Crippen molar-refractivity contribution in [3.8, 4) is 0 Å². The van der Waals surface area contributed by atoms with Crippen molar-refractivity contribution < 1.29 is 4.79 Å². The van der Waals surface area contributed by atoms with Gasteiger partial charge in [-0.25, -0.2) is 0 Å². The molecule has 5 heteroatoms. The highest BCUT2D eigenvalue weighted by molar-refractivity contribution is 9.10. The number of halogens is 1. The van der Waals surface area contributed by atoms with Crippen LogP contribution in [0.2, 0.25) is 0 Å². The van der Waals surface area contributed by atoms with Crippen LogP contribution < -0.4 is 10.6 Å². The predicted octanol–water partition coefficient (Wildman–Crippen LogP) is 2.94. The Morgan fingerprint density at radius 2 is 2.21 bits per heavy atom. The van der Waals surface area contributed by atoms with Crippen molar-refractivity contribution in [2.45, 2.75) is 13.3 Å². The molecule has 4 nitrogen and oxygen atoms in total. The highest BCUT2D eigenvalue weighted by atomic mass is 79.9. The van der Waals surface area contributed by atoms with Crippen LogP contribution in [-0.4, -0.2) is 24.0 Å². The summed E-state index contributed by atoms with van der Waals surface area (Å²) in [5.41, 5.74) is 1.82. The molecule has 2 N–H and O–H groups in total. The first-order chi connectivity index (χ1) is 9.20. The number of amides is 1. The van der Waals surface area contributed by atoms with Gasteiger partial charge in [-0.2, -0.15) is 0 Å². The van der Waals surface area contributed by atoms with E-state index in [1.165, 1.54) is 0 Å². The molecule has 100 valence electrons. The van der Waals surface area contributed by atoms with Gasteiger partial charge in [-0.05, 0) is 30.7 Å². The van der Waals surface area contributed by atoms with E-state index in [-0.39, 0.29) is 12.5 Å². The van der Waals surface area contributed by atoms with Crippen molar-refractivity contribution in [3.05, 3.63) is 34.9 Å². The zero-order chi connectivity index (χ0) is 13.7. The van der Waals surface area contributed by atoms with Crippen LogP contribution in [0.1, 0.15) is 13.3 Å². The molecular weight excluding hydrogens is 306 g/mol. The lowest BCUT2D eigenvalue weighted by Crippen LogP contribution is -2.30. The summed E-state index contributed by atoms with van der Waals surface area (Å²) in [6.45, 7) is 3.01. The summed E-state index contributed by atoms with van der Waals surface area (Å²) >= 11 is 3.45. The van der Waals surface area contributed by atoms with Crippen molar-refractivity contribution in [1.29, 1.82) is 0 Å². The lowest BCUT2D eigenvalue weighted by atomic mass is 10.2. The molecule has 0 aliphatic carbocycles. The molecule has 0 unspecified atom stereocenters. The second-order valence-electron chi connectivity index (χ2n) is 4.22. The average molecular weight is 322 g/mol. The normalized spacial score (nSPS) is 10.4. The molecule has 0 aliphatic heterocycles. The maximum absolute atomic E-state index is 11.6. The smallest absolute Gasteiger partial charge is 0.239 e. The Morgan fingerprint density at radius 3 is 3.00 bits per heavy atom. The quantitative estimate of drug-likeness (QED) is 0.890. The third-order valence-electron chi connectivity index (χ3n) is 2.72. The summed E-state index contributed by atoms with van der Waals surface area (Å²) in [5.74, 6) is 0.00168. The van der Waals surface area contributed by atoms with Gasteiger partial charge in [0.15, 0.2) is 0 Å². The van der Waals surface area contributed by atoms with Gasteiger partial charge >= 0.3 is 0 Å². The van der Waals surface area contributed by atoms with Crippen molar-refractivity contribution in [2.24, 2.45) is 0 Å². The number of nitrogens with one attached hydrogen (secondary N) is 2. The number of benzene rings is 1. The van der Waals surface area contributed by atoms with Crippen molar-refractivity contribution in [2.75, 3.05) is 18.4 Å². The molecule has 0 bridgehead atoms. The van der Waals surface area contributed by atoms with Crippen LogP contribution in [0.4, 0.5) is 5.69 Å². The zero-order valence-corrected chi connectivity index (χ0v) is 12.3. The van der Waals surface area contributed by atoms with Gasteiger partial charge in [0.1, 0.15) is 0 Å². The van der Waals surface area contributed by atoms with E-state index in [0.717, 1.165) is 27.5 Å². The summed E-state index contributed by atoms with van der Waals surface area (Å²) in [6, 6.07) is 7.77. The van der Waals surface area contributed by atoms with Gasteiger partial charge in [0.25, 0.3) is 0 Å². The average Bonchev–Trinajstić information content (AvgIpc) is 2.42. The summed E-state index contributed by atoms with van der Waals surface area (Å²) < 4.78 is 0.992. The third kappa shape index (κ3) is 3.67. The third-order valence-corrected chi connectivity index (χ3v) is 3.21. The van der Waals surface area contributed by atoms with Crippen LogP contribution in [0.25, 0.3) is 10.9 Å². The summed E-state index contributed by atoms with van der Waals surface area (Å²) in [5, 5.41) is 6.99. The largest absolute Gasteiger partial charge is 0.376 e. The number of pyridine rings is 1. The SMILES string of the molecule is CCCNC(=O)CNc1ccnc2ccc(Br)cc12. The van der Waals surface area contributed by atoms with E-state index in [4.69, 9.17) is 0 Å². The van der Waals surface area contributed by atoms with E-state index in [2.05, 4.69) is 31.5 Å². The first-order valence-corrected chi connectivity index (χ1v) is 7.05. The number of anilines is 1. The number of carbonyl (C=O) groups excluding carboxylic acids is 1. The highest BCUT2D eigenvalue weighted by Gasteiger charge is 2.04. The van der Waals surface area contributed by atoms with Crippen LogP contribution in [0.15, 0.2) is 34.9 Å². The van der Waals surface area contributed by atoms with E-state index in [9.17, 15) is 4.79 Å². The van der Waals surface area contributed by atoms with Gasteiger partial charge in [-0.1, -0.05) is 22.9 Å². The molecule has 19 heavy (non-hydrogen) atoms. The first-order valence-electron chi connectivity index (χ1n) is 6.25. The van der Waals surface area contributed by atoms with Crippen molar-refractivity contribution >= 4 is 38.4 Å². The number of hydrogen-bond donors (Lipinski definition) is 2. The van der Waals surface area contributed by atoms with E-state index >= 15 is 0 Å². The van der Waals surface area contributed by atoms with E-state index in [1.54, 1.807) is 6.20 Å². The minimum Gasteiger partial charge on any atom is -0.376 e. The molecule has 0 atom stereocenters. The number of carbonyl (C=O) groups is 1. The molecule has 0 aliphatic rings. The second kappa shape index (κ2) is 6.52. The molecule has 1 aromatic heterocycles. The Labute approximate surface area is 120 Å². The minimum absolute atomic E-state index is 0.00168. The Morgan fingerprint density at radius 1 is 1.37 bits per heavy atom. The van der Waals surface area contributed by atoms with E-state index in [0.29, 0.717) is 6.54 Å². The molecule has 0 saturated carbocycles. The lowest BCUT2D eigenvalue weighted by Gasteiger charge is -2.09. The topological polar surface area (TPSA) is 54.0 Å². The van der Waals surface area contributed by atoms with E-state index in [1.807, 2.05) is 31.2 Å². The fraction of sp³-hybridized carbons (Fsp3) is 0.286. The Hall–Kier alpha value is -1.62. The first kappa shape index (κ1) is 13.8. The number of fused-ring (bicyclic) bond motifs is 1. The maximum Gasteiger partial charge on any atom is 0.239 e. The van der Waals surface area contributed by atoms with Crippen LogP contribution in [-0.2, 0) is 4.79 Å². The fourth-order valence-corrected chi connectivity index (χ4v) is 2.14. The fourth-order valence-electron chi connectivity index (χ4n) is 1.78. The van der Waals surface area contributed by atoms with Crippen LogP contribution in [0.3, 0.4) is 0 Å². The molecule has 0 fully saturated rings. The summed E-state index contributed by atoms with van der Waals surface area (Å²) in [7, 11) is 0. The summed E-state index contributed by atoms with van der Waals surface area (Å²) in [4.78, 5) is 15.9. The van der Waals surface area contributed by atoms with Gasteiger partial charge in [0.2, 0.25) is 5.91 Å². The molecule has 1 heterocycles. The zero-order valence-electron chi connectivity index (χ0n) is 10.7.